The van der Waals surface area contributed by atoms with Crippen LogP contribution < -0.4 is 5.73 Å². The maximum absolute atomic E-state index is 10.9. The van der Waals surface area contributed by atoms with Crippen molar-refractivity contribution in [2.45, 2.75) is 6.92 Å². The molecule has 0 atom stereocenters. The number of nitrogen functional groups attached to an aromatic ring is 1. The molecule has 0 fully saturated rings. The Kier molecular flexibility index (Phi) is 2.64. The first-order chi connectivity index (χ1) is 9.56. The summed E-state index contributed by atoms with van der Waals surface area (Å²) in [5.41, 5.74) is 9.32. The topological polar surface area (TPSA) is 93.5 Å². The molecule has 0 bridgehead atoms. The van der Waals surface area contributed by atoms with E-state index in [1.54, 1.807) is 28.8 Å². The summed E-state index contributed by atoms with van der Waals surface area (Å²) >= 11 is 0. The van der Waals surface area contributed by atoms with Crippen molar-refractivity contribution in [3.05, 3.63) is 47.7 Å². The molecule has 2 heterocycles. The van der Waals surface area contributed by atoms with Crippen LogP contribution in [0.3, 0.4) is 0 Å². The molecule has 3 aromatic rings. The van der Waals surface area contributed by atoms with Gasteiger partial charge in [0.05, 0.1) is 5.56 Å². The van der Waals surface area contributed by atoms with Gasteiger partial charge in [-0.15, -0.1) is 5.10 Å². The first-order valence-corrected chi connectivity index (χ1v) is 6.02. The Balaban J connectivity index is 2.13. The van der Waals surface area contributed by atoms with Gasteiger partial charge < -0.3 is 10.8 Å². The zero-order chi connectivity index (χ0) is 14.3. The highest BCUT2D eigenvalue weighted by Gasteiger charge is 2.09. The Bertz CT molecular complexity index is 806. The van der Waals surface area contributed by atoms with Crippen LogP contribution in [0, 0.1) is 6.92 Å². The maximum atomic E-state index is 10.9. The van der Waals surface area contributed by atoms with Crippen LogP contribution in [0.4, 0.5) is 5.95 Å². The smallest absolute Gasteiger partial charge is 0.335 e. The number of carboxylic acid groups (broad SMARTS) is 1. The molecule has 0 spiro atoms. The maximum Gasteiger partial charge on any atom is 0.335 e. The van der Waals surface area contributed by atoms with Gasteiger partial charge in [0.2, 0.25) is 5.95 Å². The van der Waals surface area contributed by atoms with E-state index < -0.39 is 5.97 Å². The second-order valence-corrected chi connectivity index (χ2v) is 4.45. The van der Waals surface area contributed by atoms with Gasteiger partial charge >= 0.3 is 5.97 Å². The fraction of sp³-hybridized carbons (Fsp3) is 0.0714. The zero-order valence-electron chi connectivity index (χ0n) is 10.7. The molecule has 0 amide bonds. The number of carbonyl (C=O) groups is 1. The van der Waals surface area contributed by atoms with E-state index in [2.05, 4.69) is 10.1 Å². The van der Waals surface area contributed by atoms with Crippen LogP contribution in [0.1, 0.15) is 16.1 Å². The van der Waals surface area contributed by atoms with Gasteiger partial charge in [0.1, 0.15) is 0 Å². The highest BCUT2D eigenvalue weighted by molar-refractivity contribution is 5.88. The fourth-order valence-electron chi connectivity index (χ4n) is 2.19. The molecule has 20 heavy (non-hydrogen) atoms. The summed E-state index contributed by atoms with van der Waals surface area (Å²) in [6.45, 7) is 1.92. The number of nitrogens with zero attached hydrogens (tertiary/aromatic N) is 3. The van der Waals surface area contributed by atoms with Crippen molar-refractivity contribution in [3.63, 3.8) is 0 Å². The van der Waals surface area contributed by atoms with Crippen molar-refractivity contribution >= 4 is 17.6 Å². The number of aromatic nitrogens is 3. The highest BCUT2D eigenvalue weighted by atomic mass is 16.4. The van der Waals surface area contributed by atoms with Crippen molar-refractivity contribution < 1.29 is 9.90 Å². The number of nitrogens with two attached hydrogens (primary N) is 1. The van der Waals surface area contributed by atoms with Crippen molar-refractivity contribution in [2.75, 3.05) is 5.73 Å². The van der Waals surface area contributed by atoms with E-state index in [4.69, 9.17) is 10.8 Å². The number of aromatic carboxylic acids is 1. The van der Waals surface area contributed by atoms with Crippen LogP contribution in [-0.4, -0.2) is 25.7 Å². The molecule has 3 rings (SSSR count). The van der Waals surface area contributed by atoms with Gasteiger partial charge in [0.25, 0.3) is 0 Å². The molecule has 100 valence electrons. The predicted molar refractivity (Wildman–Crippen MR) is 74.5 cm³/mol. The number of fused-ring (bicyclic) bond motifs is 1. The minimum Gasteiger partial charge on any atom is -0.478 e. The normalized spacial score (nSPS) is 10.8. The van der Waals surface area contributed by atoms with E-state index in [-0.39, 0.29) is 11.5 Å². The molecule has 0 aliphatic heterocycles. The van der Waals surface area contributed by atoms with Crippen molar-refractivity contribution in [1.29, 1.82) is 0 Å². The SMILES string of the molecule is Cc1c(-c2ccc(C(=O)O)cc2)ccc2nc(N)nn12. The first-order valence-electron chi connectivity index (χ1n) is 6.02. The van der Waals surface area contributed by atoms with E-state index in [1.807, 2.05) is 19.1 Å². The van der Waals surface area contributed by atoms with E-state index in [0.29, 0.717) is 5.65 Å². The number of aryl methyl sites for hydroxylation is 1. The molecule has 0 saturated carbocycles. The summed E-state index contributed by atoms with van der Waals surface area (Å²) in [5.74, 6) is -0.709. The summed E-state index contributed by atoms with van der Waals surface area (Å²) < 4.78 is 1.68. The van der Waals surface area contributed by atoms with Crippen LogP contribution in [-0.2, 0) is 0 Å². The van der Waals surface area contributed by atoms with Crippen molar-refractivity contribution in [2.24, 2.45) is 0 Å². The zero-order valence-corrected chi connectivity index (χ0v) is 10.7. The van der Waals surface area contributed by atoms with Crippen LogP contribution in [0.5, 0.6) is 0 Å². The number of benzene rings is 1. The van der Waals surface area contributed by atoms with Gasteiger partial charge in [0, 0.05) is 11.3 Å². The lowest BCUT2D eigenvalue weighted by Crippen LogP contribution is -1.98. The molecular weight excluding hydrogens is 256 g/mol. The Morgan fingerprint density at radius 3 is 2.55 bits per heavy atom. The van der Waals surface area contributed by atoms with E-state index in [1.165, 1.54) is 0 Å². The predicted octanol–water partition coefficient (Wildman–Crippen LogP) is 1.99. The van der Waals surface area contributed by atoms with Crippen molar-refractivity contribution in [3.8, 4) is 11.1 Å². The number of pyridine rings is 1. The molecule has 3 N–H and O–H groups in total. The van der Waals surface area contributed by atoms with Gasteiger partial charge in [0.15, 0.2) is 5.65 Å². The van der Waals surface area contributed by atoms with Gasteiger partial charge in [-0.25, -0.2) is 9.31 Å². The number of rotatable bonds is 2. The minimum atomic E-state index is -0.937. The standard InChI is InChI=1S/C14H12N4O2/c1-8-11(6-7-12-16-14(15)17-18(8)12)9-2-4-10(5-3-9)13(19)20/h2-7H,1H3,(H2,15,17)(H,19,20). The molecule has 2 aromatic heterocycles. The van der Waals surface area contributed by atoms with Gasteiger partial charge in [-0.05, 0) is 36.8 Å². The molecular formula is C14H12N4O2. The van der Waals surface area contributed by atoms with E-state index >= 15 is 0 Å². The van der Waals surface area contributed by atoms with Gasteiger partial charge in [-0.1, -0.05) is 12.1 Å². The van der Waals surface area contributed by atoms with E-state index in [9.17, 15) is 4.79 Å². The second-order valence-electron chi connectivity index (χ2n) is 4.45. The lowest BCUT2D eigenvalue weighted by molar-refractivity contribution is 0.0697. The largest absolute Gasteiger partial charge is 0.478 e. The van der Waals surface area contributed by atoms with Gasteiger partial charge in [-0.2, -0.15) is 4.98 Å². The minimum absolute atomic E-state index is 0.228. The molecule has 0 aliphatic rings. The molecule has 1 aromatic carbocycles. The molecule has 0 radical (unpaired) electrons. The lowest BCUT2D eigenvalue weighted by Gasteiger charge is -2.07. The molecule has 6 heteroatoms. The first kappa shape index (κ1) is 12.2. The number of hydrogen-bond donors (Lipinski definition) is 2. The third-order valence-corrected chi connectivity index (χ3v) is 3.20. The third-order valence-electron chi connectivity index (χ3n) is 3.20. The van der Waals surface area contributed by atoms with E-state index in [0.717, 1.165) is 16.8 Å². The number of anilines is 1. The second kappa shape index (κ2) is 4.34. The number of hydrogen-bond acceptors (Lipinski definition) is 4. The highest BCUT2D eigenvalue weighted by Crippen LogP contribution is 2.24. The Hall–Kier alpha value is -2.89. The molecule has 6 nitrogen and oxygen atoms in total. The number of carboxylic acids is 1. The van der Waals surface area contributed by atoms with Crippen LogP contribution in [0.25, 0.3) is 16.8 Å². The lowest BCUT2D eigenvalue weighted by atomic mass is 10.0. The summed E-state index contributed by atoms with van der Waals surface area (Å²) in [4.78, 5) is 15.0. The Morgan fingerprint density at radius 1 is 1.20 bits per heavy atom. The summed E-state index contributed by atoms with van der Waals surface area (Å²) in [6, 6.07) is 10.5. The third kappa shape index (κ3) is 1.87. The van der Waals surface area contributed by atoms with Crippen LogP contribution in [0.15, 0.2) is 36.4 Å². The fourth-order valence-corrected chi connectivity index (χ4v) is 2.19. The summed E-state index contributed by atoms with van der Waals surface area (Å²) in [6.07, 6.45) is 0. The monoisotopic (exact) mass is 268 g/mol. The molecule has 0 saturated heterocycles. The Morgan fingerprint density at radius 2 is 1.90 bits per heavy atom. The van der Waals surface area contributed by atoms with Crippen LogP contribution >= 0.6 is 0 Å². The average Bonchev–Trinajstić information content (AvgIpc) is 2.81. The molecule has 0 aliphatic carbocycles. The average molecular weight is 268 g/mol. The molecule has 0 unspecified atom stereocenters. The van der Waals surface area contributed by atoms with Crippen LogP contribution in [0.2, 0.25) is 0 Å². The van der Waals surface area contributed by atoms with Crippen molar-refractivity contribution in [1.82, 2.24) is 14.6 Å². The van der Waals surface area contributed by atoms with Gasteiger partial charge in [-0.3, -0.25) is 0 Å². The summed E-state index contributed by atoms with van der Waals surface area (Å²) in [5, 5.41) is 13.0. The quantitative estimate of drug-likeness (QED) is 0.741. The Labute approximate surface area is 114 Å². The summed E-state index contributed by atoms with van der Waals surface area (Å²) in [7, 11) is 0.